The van der Waals surface area contributed by atoms with Crippen molar-refractivity contribution in [3.63, 3.8) is 0 Å². The highest BCUT2D eigenvalue weighted by atomic mass is 32.2. The average Bonchev–Trinajstić information content (AvgIpc) is 1.61. The van der Waals surface area contributed by atoms with Crippen molar-refractivity contribution in [1.29, 1.82) is 0 Å². The molecule has 8 aliphatic heterocycles. The smallest absolute Gasteiger partial charge is 0.256 e. The van der Waals surface area contributed by atoms with Crippen LogP contribution < -0.4 is 44.2 Å². The molecule has 0 aliphatic carbocycles. The SMILES string of the molecule is Cc1cc(F)cc2c1NCCC2C(=O)n1nc(N)c2c1CN(S(C)(=O)=O)CC2.Cc1cc(F)cc2c1NCCC2C(=O)n1nc2c(c1N)CCN(S(C)(=O)=O)C2.Cc1cc(F)cc2c1NCC[C@@H]2C(=O)n1nc2c(c1N)CCN(S(C)(=O)=O)C2.Cc1cc(F)cc2c1NCC[C@H]2C(=O)n1nc2c(c1N)CCN(S(C)(=O)=O)C2. The summed E-state index contributed by atoms with van der Waals surface area (Å²) in [4.78, 5) is 53.1. The van der Waals surface area contributed by atoms with Crippen molar-refractivity contribution in [2.45, 2.75) is 129 Å². The van der Waals surface area contributed by atoms with Crippen LogP contribution in [0.4, 0.5) is 63.6 Å². The van der Waals surface area contributed by atoms with Gasteiger partial charge in [-0.25, -0.2) is 55.9 Å². The largest absolute Gasteiger partial charge is 0.385 e. The van der Waals surface area contributed by atoms with Gasteiger partial charge in [0, 0.05) is 97.4 Å². The lowest BCUT2D eigenvalue weighted by molar-refractivity contribution is 0.0844. The van der Waals surface area contributed by atoms with E-state index in [9.17, 15) is 70.4 Å². The van der Waals surface area contributed by atoms with E-state index in [1.807, 2.05) is 0 Å². The standard InChI is InChI=1S/4C18H22FN5O3S/c1-10-7-11(19)8-14-12(3-5-21-16(10)14)18(25)24-15-9-23(28(2,26)27)6-4-13(15)17(20)22-24;3*1-10-7-11(19)8-14-12(3-5-21-16(10)14)18(25)24-17(20)13-4-6-23(28(2,26)27)9-15(13)22-24/h7-8,12,21H,3-6,9H2,1-2H3,(H2,20,22);3*7-8,12,21H,3-6,9,20H2,1-2H3/t;2*12-;/m.10./s1. The number of nitrogens with zero attached hydrogens (tertiary/aromatic N) is 12. The molecular weight excluding hydrogens is 1540 g/mol. The van der Waals surface area contributed by atoms with E-state index in [1.54, 1.807) is 27.7 Å². The second-order valence-corrected chi connectivity index (χ2v) is 37.4. The summed E-state index contributed by atoms with van der Waals surface area (Å²) in [6, 6.07) is 11.2. The van der Waals surface area contributed by atoms with Crippen LogP contribution in [0.5, 0.6) is 0 Å². The predicted octanol–water partition coefficient (Wildman–Crippen LogP) is 5.88. The number of nitrogens with two attached hydrogens (primary N) is 4. The van der Waals surface area contributed by atoms with Crippen molar-refractivity contribution in [3.8, 4) is 0 Å². The Kier molecular flexibility index (Phi) is 21.9. The summed E-state index contributed by atoms with van der Waals surface area (Å²) in [5.41, 5.74) is 37.8. The number of carbonyl (C=O) groups is 4. The van der Waals surface area contributed by atoms with Gasteiger partial charge in [-0.15, -0.1) is 5.10 Å². The highest BCUT2D eigenvalue weighted by Gasteiger charge is 2.41. The summed E-state index contributed by atoms with van der Waals surface area (Å²) < 4.78 is 161. The van der Waals surface area contributed by atoms with E-state index in [0.29, 0.717) is 171 Å². The normalized spacial score (nSPS) is 19.6. The predicted molar refractivity (Wildman–Crippen MR) is 413 cm³/mol. The molecule has 0 saturated carbocycles. The van der Waals surface area contributed by atoms with Gasteiger partial charge in [-0.2, -0.15) is 46.6 Å². The molecule has 0 radical (unpaired) electrons. The second-order valence-electron chi connectivity index (χ2n) is 29.4. The van der Waals surface area contributed by atoms with Gasteiger partial charge in [-0.1, -0.05) is 0 Å². The van der Waals surface area contributed by atoms with Crippen LogP contribution >= 0.6 is 0 Å². The fourth-order valence-electron chi connectivity index (χ4n) is 16.2. The number of nitrogens with one attached hydrogen (secondary N) is 4. The minimum atomic E-state index is -3.41. The number of halogens is 4. The molecule has 40 heteroatoms. The van der Waals surface area contributed by atoms with Gasteiger partial charge in [0.15, 0.2) is 0 Å². The summed E-state index contributed by atoms with van der Waals surface area (Å²) in [6.45, 7) is 11.0. The van der Waals surface area contributed by atoms with Gasteiger partial charge in [-0.3, -0.25) is 19.2 Å². The zero-order chi connectivity index (χ0) is 80.9. The lowest BCUT2D eigenvalue weighted by Crippen LogP contribution is -2.37. The lowest BCUT2D eigenvalue weighted by Gasteiger charge is -2.29. The summed E-state index contributed by atoms with van der Waals surface area (Å²) in [5, 5.41) is 30.1. The van der Waals surface area contributed by atoms with Crippen LogP contribution in [0, 0.1) is 51.0 Å². The number of hydrogen-bond acceptors (Lipinski definition) is 24. The topological polar surface area (TPSA) is 441 Å². The Balaban J connectivity index is 0.000000131. The van der Waals surface area contributed by atoms with Gasteiger partial charge < -0.3 is 44.2 Å². The van der Waals surface area contributed by atoms with Crippen molar-refractivity contribution in [2.75, 3.05) is 122 Å². The maximum absolute atomic E-state index is 14.0. The van der Waals surface area contributed by atoms with Gasteiger partial charge in [0.1, 0.15) is 46.5 Å². The fraction of sp³-hybridized carbons (Fsp3) is 0.444. The van der Waals surface area contributed by atoms with Gasteiger partial charge in [0.25, 0.3) is 23.6 Å². The number of carbonyl (C=O) groups excluding carboxylic acids is 4. The Morgan fingerprint density at radius 3 is 0.866 bits per heavy atom. The lowest BCUT2D eigenvalue weighted by atomic mass is 9.88. The van der Waals surface area contributed by atoms with Crippen molar-refractivity contribution in [1.82, 2.24) is 56.3 Å². The molecule has 4 atom stereocenters. The first-order valence-electron chi connectivity index (χ1n) is 36.2. The van der Waals surface area contributed by atoms with Crippen molar-refractivity contribution < 1.29 is 70.4 Å². The molecule has 0 fully saturated rings. The van der Waals surface area contributed by atoms with Crippen LogP contribution in [0.3, 0.4) is 0 Å². The molecule has 12 N–H and O–H groups in total. The maximum Gasteiger partial charge on any atom is 0.256 e. The van der Waals surface area contributed by atoms with Crippen molar-refractivity contribution in [3.05, 3.63) is 161 Å². The Bertz CT molecular complexity index is 5280. The average molecular weight is 1630 g/mol. The number of anilines is 8. The molecular formula is C72H88F4N20O12S4. The minimum absolute atomic E-state index is 0.0457. The molecule has 0 bridgehead atoms. The number of nitrogen functional groups attached to an aromatic ring is 4. The minimum Gasteiger partial charge on any atom is -0.385 e. The number of rotatable bonds is 8. The van der Waals surface area contributed by atoms with Crippen LogP contribution in [0.25, 0.3) is 0 Å². The first-order valence-corrected chi connectivity index (χ1v) is 43.6. The van der Waals surface area contributed by atoms with E-state index in [-0.39, 0.29) is 73.1 Å². The molecule has 112 heavy (non-hydrogen) atoms. The number of fused-ring (bicyclic) bond motifs is 8. The van der Waals surface area contributed by atoms with Crippen LogP contribution in [0.1, 0.15) is 158 Å². The van der Waals surface area contributed by atoms with Gasteiger partial charge in [0.2, 0.25) is 40.1 Å². The van der Waals surface area contributed by atoms with Gasteiger partial charge in [-0.05, 0) is 172 Å². The monoisotopic (exact) mass is 1630 g/mol. The first kappa shape index (κ1) is 80.2. The third kappa shape index (κ3) is 15.7. The summed E-state index contributed by atoms with van der Waals surface area (Å²) in [5.74, 6) is -4.23. The van der Waals surface area contributed by atoms with Crippen LogP contribution in [0.15, 0.2) is 48.5 Å². The Morgan fingerprint density at radius 2 is 0.607 bits per heavy atom. The molecule has 8 aliphatic rings. The highest BCUT2D eigenvalue weighted by molar-refractivity contribution is 7.89. The van der Waals surface area contributed by atoms with E-state index in [2.05, 4.69) is 41.7 Å². The van der Waals surface area contributed by atoms with Gasteiger partial charge in [0.05, 0.1) is 97.6 Å². The van der Waals surface area contributed by atoms with Crippen LogP contribution in [-0.2, 0) is 92.0 Å². The van der Waals surface area contributed by atoms with E-state index in [4.69, 9.17) is 22.9 Å². The molecule has 4 aromatic heterocycles. The summed E-state index contributed by atoms with van der Waals surface area (Å²) in [7, 11) is -13.5. The Labute approximate surface area is 644 Å². The van der Waals surface area contributed by atoms with Gasteiger partial charge >= 0.3 is 0 Å². The zero-order valence-electron chi connectivity index (χ0n) is 62.8. The molecule has 8 aromatic rings. The van der Waals surface area contributed by atoms with Crippen LogP contribution in [-0.4, -0.2) is 191 Å². The molecule has 0 spiro atoms. The number of aryl methyl sites for hydroxylation is 4. The molecule has 12 heterocycles. The molecule has 600 valence electrons. The zero-order valence-corrected chi connectivity index (χ0v) is 66.1. The molecule has 32 nitrogen and oxygen atoms in total. The molecule has 0 amide bonds. The van der Waals surface area contributed by atoms with E-state index in [1.165, 1.54) is 70.4 Å². The second kappa shape index (κ2) is 30.6. The number of hydrogen-bond donors (Lipinski definition) is 8. The molecule has 4 aromatic carbocycles. The van der Waals surface area contributed by atoms with Crippen molar-refractivity contribution >= 4 is 110 Å². The van der Waals surface area contributed by atoms with E-state index in [0.717, 1.165) is 84.1 Å². The Hall–Kier alpha value is -9.84. The van der Waals surface area contributed by atoms with E-state index >= 15 is 0 Å². The molecule has 16 rings (SSSR count). The number of aromatic nitrogens is 8. The third-order valence-corrected chi connectivity index (χ3v) is 26.9. The quantitative estimate of drug-likeness (QED) is 0.0823. The Morgan fingerprint density at radius 1 is 0.366 bits per heavy atom. The van der Waals surface area contributed by atoms with Crippen molar-refractivity contribution in [2.24, 2.45) is 0 Å². The maximum atomic E-state index is 14.0. The number of benzene rings is 4. The molecule has 2 unspecified atom stereocenters. The third-order valence-electron chi connectivity index (χ3n) is 21.9. The summed E-state index contributed by atoms with van der Waals surface area (Å²) in [6.07, 6.45) is 8.14. The fourth-order valence-corrected chi connectivity index (χ4v) is 19.3. The number of sulfonamides is 4. The highest BCUT2D eigenvalue weighted by Crippen LogP contribution is 2.43. The van der Waals surface area contributed by atoms with Crippen LogP contribution in [0.2, 0.25) is 0 Å². The first-order chi connectivity index (χ1) is 52.7. The molecule has 0 saturated heterocycles. The summed E-state index contributed by atoms with van der Waals surface area (Å²) >= 11 is 0. The van der Waals surface area contributed by atoms with E-state index < -0.39 is 87.0 Å².